The molecule has 0 unspecified atom stereocenters. The molecule has 2 aromatic rings. The Morgan fingerprint density at radius 3 is 1.42 bits per heavy atom. The second-order valence-electron chi connectivity index (χ2n) is 16.8. The van der Waals surface area contributed by atoms with Gasteiger partial charge in [0, 0.05) is 0 Å². The van der Waals surface area contributed by atoms with E-state index in [2.05, 4.69) is 156 Å². The highest BCUT2D eigenvalue weighted by Crippen LogP contribution is 2.27. The predicted octanol–water partition coefficient (Wildman–Crippen LogP) is 15.3. The van der Waals surface area contributed by atoms with E-state index < -0.39 is 8.07 Å². The van der Waals surface area contributed by atoms with E-state index in [1.54, 1.807) is 5.57 Å². The summed E-state index contributed by atoms with van der Waals surface area (Å²) in [5.41, 5.74) is 12.5. The number of allylic oxidation sites excluding steroid dienone is 2. The second kappa shape index (κ2) is 21.7. The number of hydrogen-bond acceptors (Lipinski definition) is 0. The van der Waals surface area contributed by atoms with Gasteiger partial charge in [-0.25, -0.2) is 0 Å². The third-order valence-electron chi connectivity index (χ3n) is 8.22. The molecule has 45 heavy (non-hydrogen) atoms. The third-order valence-corrected chi connectivity index (χ3v) is 10.2. The quantitative estimate of drug-likeness (QED) is 0.0860. The summed E-state index contributed by atoms with van der Waals surface area (Å²) in [6.45, 7) is 25.9. The highest BCUT2D eigenvalue weighted by molar-refractivity contribution is 14.1. The van der Waals surface area contributed by atoms with Gasteiger partial charge in [0.15, 0.2) is 0 Å². The van der Waals surface area contributed by atoms with Crippen molar-refractivity contribution in [3.05, 3.63) is 80.6 Å². The molecule has 0 atom stereocenters. The van der Waals surface area contributed by atoms with Gasteiger partial charge < -0.3 is 0 Å². The van der Waals surface area contributed by atoms with Crippen LogP contribution in [0.5, 0.6) is 0 Å². The fourth-order valence-corrected chi connectivity index (χ4v) is 7.67. The molecule has 2 rings (SSSR count). The SMILES string of the molecule is CCCC/C(=C\I)c1cccc(CCCCC(C)(C)C)c1.CCCC/C(=C\[Si](C)(C)C)c1cccc(CCCCC(C)(C)C)c1. The van der Waals surface area contributed by atoms with Gasteiger partial charge in [-0.15, -0.1) is 0 Å². The van der Waals surface area contributed by atoms with Gasteiger partial charge in [-0.1, -0.05) is 178 Å². The molecule has 0 bridgehead atoms. The number of halogens is 1. The molecule has 2 aromatic carbocycles. The maximum absolute atomic E-state index is 2.61. The van der Waals surface area contributed by atoms with Crippen LogP contribution >= 0.6 is 22.6 Å². The molecule has 0 fully saturated rings. The van der Waals surface area contributed by atoms with Crippen molar-refractivity contribution in [1.29, 1.82) is 0 Å². The molecule has 0 spiro atoms. The second-order valence-corrected chi connectivity index (χ2v) is 22.5. The predicted molar refractivity (Wildman–Crippen MR) is 219 cm³/mol. The largest absolute Gasteiger partial charge is 0.0913 e. The lowest BCUT2D eigenvalue weighted by Crippen LogP contribution is -2.16. The van der Waals surface area contributed by atoms with Crippen molar-refractivity contribution >= 4 is 41.8 Å². The van der Waals surface area contributed by atoms with E-state index in [1.807, 2.05) is 0 Å². The Morgan fingerprint density at radius 2 is 1.04 bits per heavy atom. The van der Waals surface area contributed by atoms with Gasteiger partial charge in [0.2, 0.25) is 0 Å². The summed E-state index contributed by atoms with van der Waals surface area (Å²) in [5.74, 6) is 0. The van der Waals surface area contributed by atoms with Gasteiger partial charge in [-0.2, -0.15) is 0 Å². The fourth-order valence-electron chi connectivity index (χ4n) is 5.64. The van der Waals surface area contributed by atoms with E-state index in [0.717, 1.165) is 0 Å². The molecule has 0 nitrogen and oxygen atoms in total. The first-order valence-electron chi connectivity index (χ1n) is 18.3. The average molecular weight is 743 g/mol. The van der Waals surface area contributed by atoms with Crippen LogP contribution in [0.3, 0.4) is 0 Å². The number of unbranched alkanes of at least 4 members (excludes halogenated alkanes) is 4. The van der Waals surface area contributed by atoms with Crippen molar-refractivity contribution in [3.8, 4) is 0 Å². The van der Waals surface area contributed by atoms with Crippen LogP contribution in [0.2, 0.25) is 19.6 Å². The van der Waals surface area contributed by atoms with Crippen LogP contribution < -0.4 is 0 Å². The molecular weight excluding hydrogens is 671 g/mol. The normalized spacial score (nSPS) is 13.1. The minimum Gasteiger partial charge on any atom is -0.0913 e. The van der Waals surface area contributed by atoms with E-state index in [-0.39, 0.29) is 0 Å². The van der Waals surface area contributed by atoms with Gasteiger partial charge in [-0.05, 0) is 113 Å². The van der Waals surface area contributed by atoms with Crippen LogP contribution in [0.4, 0.5) is 0 Å². The van der Waals surface area contributed by atoms with Gasteiger partial charge in [0.25, 0.3) is 0 Å². The van der Waals surface area contributed by atoms with E-state index in [4.69, 9.17) is 0 Å². The summed E-state index contributed by atoms with van der Waals surface area (Å²) in [4.78, 5) is 0. The molecule has 0 radical (unpaired) electrons. The van der Waals surface area contributed by atoms with Gasteiger partial charge in [-0.3, -0.25) is 0 Å². The van der Waals surface area contributed by atoms with E-state index in [0.29, 0.717) is 10.8 Å². The molecule has 0 N–H and O–H groups in total. The molecule has 0 heterocycles. The first-order chi connectivity index (χ1) is 21.1. The van der Waals surface area contributed by atoms with Crippen LogP contribution in [0.15, 0.2) is 58.3 Å². The van der Waals surface area contributed by atoms with Crippen molar-refractivity contribution in [1.82, 2.24) is 0 Å². The number of hydrogen-bond donors (Lipinski definition) is 0. The molecule has 0 amide bonds. The molecule has 2 heteroatoms. The summed E-state index contributed by atoms with van der Waals surface area (Å²) >= 11 is 2.39. The van der Waals surface area contributed by atoms with Crippen LogP contribution in [0, 0.1) is 10.8 Å². The van der Waals surface area contributed by atoms with Crippen molar-refractivity contribution in [2.45, 2.75) is 165 Å². The van der Waals surface area contributed by atoms with Crippen molar-refractivity contribution < 1.29 is 0 Å². The lowest BCUT2D eigenvalue weighted by Gasteiger charge is -2.18. The van der Waals surface area contributed by atoms with Crippen LogP contribution in [0.1, 0.15) is 155 Å². The Bertz CT molecular complexity index is 1130. The van der Waals surface area contributed by atoms with Crippen molar-refractivity contribution in [2.24, 2.45) is 10.8 Å². The Morgan fingerprint density at radius 1 is 0.622 bits per heavy atom. The fraction of sp³-hybridized carbons (Fsp3) is 0.628. The standard InChI is InChI=1S/C23H40Si.C20H31I/c1-8-9-15-22(19-24(5,6)7)21-16-12-14-20(18-21)13-10-11-17-23(2,3)4;1-5-6-12-19(16-21)18-13-9-11-17(15-18)10-7-8-14-20(2,3)4/h12,14,16,18-19H,8-11,13,15,17H2,1-7H3;9,11,13,15-16H,5-8,10,12,14H2,1-4H3/b22-19+;19-16+. The number of rotatable bonds is 17. The molecule has 0 saturated carbocycles. The van der Waals surface area contributed by atoms with Gasteiger partial charge in [0.05, 0.1) is 8.07 Å². The smallest absolute Gasteiger partial charge is 0.0690 e. The highest BCUT2D eigenvalue weighted by Gasteiger charge is 2.13. The third kappa shape index (κ3) is 21.4. The summed E-state index contributed by atoms with van der Waals surface area (Å²) in [7, 11) is -1.18. The zero-order valence-corrected chi connectivity index (χ0v) is 34.7. The summed E-state index contributed by atoms with van der Waals surface area (Å²) in [5, 5.41) is 0. The number of benzene rings is 2. The topological polar surface area (TPSA) is 0 Å². The molecule has 0 aromatic heterocycles. The Labute approximate surface area is 296 Å². The zero-order valence-electron chi connectivity index (χ0n) is 31.6. The van der Waals surface area contributed by atoms with Gasteiger partial charge >= 0.3 is 0 Å². The zero-order chi connectivity index (χ0) is 33.9. The Balaban J connectivity index is 0.000000454. The van der Waals surface area contributed by atoms with Crippen LogP contribution in [0.25, 0.3) is 11.1 Å². The Hall–Kier alpha value is -1.13. The van der Waals surface area contributed by atoms with Crippen LogP contribution in [-0.4, -0.2) is 8.07 Å². The molecule has 0 aliphatic rings. The lowest BCUT2D eigenvalue weighted by atomic mass is 9.89. The molecule has 0 aliphatic heterocycles. The maximum Gasteiger partial charge on any atom is 0.0690 e. The lowest BCUT2D eigenvalue weighted by molar-refractivity contribution is 0.360. The molecule has 0 aliphatic carbocycles. The highest BCUT2D eigenvalue weighted by atomic mass is 127. The van der Waals surface area contributed by atoms with E-state index >= 15 is 0 Å². The Kier molecular flexibility index (Phi) is 20.2. The van der Waals surface area contributed by atoms with E-state index in [9.17, 15) is 0 Å². The minimum atomic E-state index is -1.18. The maximum atomic E-state index is 2.61. The van der Waals surface area contributed by atoms with Gasteiger partial charge in [0.1, 0.15) is 0 Å². The van der Waals surface area contributed by atoms with Crippen LogP contribution in [-0.2, 0) is 12.8 Å². The summed E-state index contributed by atoms with van der Waals surface area (Å²) in [6.07, 6.45) is 17.9. The summed E-state index contributed by atoms with van der Waals surface area (Å²) in [6, 6.07) is 18.5. The molecular formula is C43H71ISi. The number of aryl methyl sites for hydroxylation is 2. The monoisotopic (exact) mass is 742 g/mol. The van der Waals surface area contributed by atoms with E-state index in [1.165, 1.54) is 118 Å². The molecule has 0 saturated heterocycles. The average Bonchev–Trinajstić information content (AvgIpc) is 2.95. The first-order valence-corrected chi connectivity index (χ1v) is 23.1. The van der Waals surface area contributed by atoms with Crippen molar-refractivity contribution in [2.75, 3.05) is 0 Å². The van der Waals surface area contributed by atoms with Crippen molar-refractivity contribution in [3.63, 3.8) is 0 Å². The molecule has 254 valence electrons. The summed E-state index contributed by atoms with van der Waals surface area (Å²) < 4.78 is 2.26. The first kappa shape index (κ1) is 41.9. The minimum absolute atomic E-state index is 0.468.